The summed E-state index contributed by atoms with van der Waals surface area (Å²) in [7, 11) is 0. The molecule has 1 saturated carbocycles. The van der Waals surface area contributed by atoms with E-state index in [-0.39, 0.29) is 0 Å². The highest BCUT2D eigenvalue weighted by molar-refractivity contribution is 4.81. The quantitative estimate of drug-likeness (QED) is 0.510. The molecule has 0 aliphatic heterocycles. The predicted molar refractivity (Wildman–Crippen MR) is 73.5 cm³/mol. The molecule has 0 aromatic rings. The molecule has 0 bridgehead atoms. The van der Waals surface area contributed by atoms with Gasteiger partial charge in [-0.1, -0.05) is 76.5 Å². The maximum absolute atomic E-state index is 2.30. The summed E-state index contributed by atoms with van der Waals surface area (Å²) < 4.78 is 0. The molecule has 0 amide bonds. The SMILES string of the molecule is C[C-](C)CC1CCCCCCCCCCC1. The largest absolute Gasteiger partial charge is 0.319 e. The van der Waals surface area contributed by atoms with Crippen LogP contribution in [-0.2, 0) is 0 Å². The van der Waals surface area contributed by atoms with Crippen molar-refractivity contribution in [3.8, 4) is 0 Å². The van der Waals surface area contributed by atoms with E-state index in [1.165, 1.54) is 77.0 Å². The van der Waals surface area contributed by atoms with E-state index in [0.717, 1.165) is 5.92 Å². The third-order valence-electron chi connectivity index (χ3n) is 3.92. The van der Waals surface area contributed by atoms with E-state index in [9.17, 15) is 0 Å². The maximum Gasteiger partial charge on any atom is -0.0529 e. The minimum absolute atomic E-state index is 1.00. The highest BCUT2D eigenvalue weighted by Crippen LogP contribution is 2.26. The lowest BCUT2D eigenvalue weighted by molar-refractivity contribution is 0.380. The Kier molecular flexibility index (Phi) is 7.98. The summed E-state index contributed by atoms with van der Waals surface area (Å²) >= 11 is 0. The topological polar surface area (TPSA) is 0 Å². The van der Waals surface area contributed by atoms with Crippen LogP contribution in [0.15, 0.2) is 0 Å². The van der Waals surface area contributed by atoms with Gasteiger partial charge in [0, 0.05) is 0 Å². The van der Waals surface area contributed by atoms with Gasteiger partial charge in [-0.15, -0.1) is 0 Å². The molecule has 0 aromatic carbocycles. The Morgan fingerprint density at radius 2 is 1.06 bits per heavy atom. The van der Waals surface area contributed by atoms with Crippen molar-refractivity contribution in [2.45, 2.75) is 90.9 Å². The van der Waals surface area contributed by atoms with E-state index in [1.807, 2.05) is 0 Å². The van der Waals surface area contributed by atoms with Gasteiger partial charge in [0.2, 0.25) is 0 Å². The minimum Gasteiger partial charge on any atom is -0.319 e. The number of hydrogen-bond acceptors (Lipinski definition) is 0. The molecule has 96 valence electrons. The van der Waals surface area contributed by atoms with Gasteiger partial charge >= 0.3 is 0 Å². The first-order valence-electron chi connectivity index (χ1n) is 7.58. The Hall–Kier alpha value is 0. The second-order valence-corrected chi connectivity index (χ2v) is 6.04. The Morgan fingerprint density at radius 3 is 1.44 bits per heavy atom. The fraction of sp³-hybridized carbons (Fsp3) is 0.938. The average molecular weight is 223 g/mol. The molecule has 0 unspecified atom stereocenters. The molecule has 0 nitrogen and oxygen atoms in total. The smallest absolute Gasteiger partial charge is 0.0529 e. The fourth-order valence-corrected chi connectivity index (χ4v) is 3.03. The summed E-state index contributed by atoms with van der Waals surface area (Å²) in [6.45, 7) is 4.60. The van der Waals surface area contributed by atoms with Crippen LogP contribution in [-0.4, -0.2) is 0 Å². The molecule has 0 heteroatoms. The first kappa shape index (κ1) is 14.1. The third-order valence-corrected chi connectivity index (χ3v) is 3.92. The van der Waals surface area contributed by atoms with Crippen molar-refractivity contribution in [2.75, 3.05) is 0 Å². The first-order chi connectivity index (χ1) is 7.79. The summed E-state index contributed by atoms with van der Waals surface area (Å²) in [5.74, 6) is 2.64. The van der Waals surface area contributed by atoms with Gasteiger partial charge in [0.15, 0.2) is 0 Å². The molecule has 0 N–H and O–H groups in total. The van der Waals surface area contributed by atoms with Crippen LogP contribution in [0.25, 0.3) is 0 Å². The Morgan fingerprint density at radius 1 is 0.688 bits per heavy atom. The molecular formula is C16H31-. The Balaban J connectivity index is 2.24. The lowest BCUT2D eigenvalue weighted by Gasteiger charge is -2.27. The highest BCUT2D eigenvalue weighted by Gasteiger charge is 2.06. The van der Waals surface area contributed by atoms with Gasteiger partial charge in [-0.2, -0.15) is 20.3 Å². The van der Waals surface area contributed by atoms with Crippen LogP contribution < -0.4 is 0 Å². The number of rotatable bonds is 2. The molecule has 16 heavy (non-hydrogen) atoms. The maximum atomic E-state index is 2.30. The standard InChI is InChI=1S/C16H31/c1-15(2)14-16-12-10-8-6-4-3-5-7-9-11-13-16/h16H,3-14H2,1-2H3/q-1. The van der Waals surface area contributed by atoms with Gasteiger partial charge in [0.05, 0.1) is 0 Å². The minimum atomic E-state index is 1.00. The van der Waals surface area contributed by atoms with E-state index < -0.39 is 0 Å². The van der Waals surface area contributed by atoms with Gasteiger partial charge in [-0.25, -0.2) is 0 Å². The molecule has 0 radical (unpaired) electrons. The molecule has 0 heterocycles. The van der Waals surface area contributed by atoms with Crippen LogP contribution in [0, 0.1) is 11.8 Å². The molecule has 0 saturated heterocycles. The molecule has 1 aliphatic carbocycles. The molecular weight excluding hydrogens is 192 g/mol. The van der Waals surface area contributed by atoms with Gasteiger partial charge < -0.3 is 5.92 Å². The van der Waals surface area contributed by atoms with Crippen molar-refractivity contribution >= 4 is 0 Å². The van der Waals surface area contributed by atoms with E-state index in [1.54, 1.807) is 5.92 Å². The van der Waals surface area contributed by atoms with Crippen LogP contribution in [0.5, 0.6) is 0 Å². The first-order valence-corrected chi connectivity index (χ1v) is 7.58. The van der Waals surface area contributed by atoms with Crippen LogP contribution >= 0.6 is 0 Å². The zero-order valence-corrected chi connectivity index (χ0v) is 11.6. The molecule has 0 spiro atoms. The second kappa shape index (κ2) is 9.07. The van der Waals surface area contributed by atoms with Crippen LogP contribution in [0.3, 0.4) is 0 Å². The third kappa shape index (κ3) is 7.30. The molecule has 1 fully saturated rings. The van der Waals surface area contributed by atoms with Crippen molar-refractivity contribution in [3.63, 3.8) is 0 Å². The zero-order valence-electron chi connectivity index (χ0n) is 11.6. The summed E-state index contributed by atoms with van der Waals surface area (Å²) in [5.41, 5.74) is 0. The lowest BCUT2D eigenvalue weighted by Crippen LogP contribution is -2.04. The fourth-order valence-electron chi connectivity index (χ4n) is 3.03. The predicted octanol–water partition coefficient (Wildman–Crippen LogP) is 5.91. The van der Waals surface area contributed by atoms with Crippen molar-refractivity contribution in [2.24, 2.45) is 5.92 Å². The lowest BCUT2D eigenvalue weighted by atomic mass is 9.87. The summed E-state index contributed by atoms with van der Waals surface area (Å²) in [5, 5.41) is 0. The van der Waals surface area contributed by atoms with Crippen LogP contribution in [0.4, 0.5) is 0 Å². The van der Waals surface area contributed by atoms with E-state index in [4.69, 9.17) is 0 Å². The monoisotopic (exact) mass is 223 g/mol. The van der Waals surface area contributed by atoms with Crippen molar-refractivity contribution in [1.82, 2.24) is 0 Å². The van der Waals surface area contributed by atoms with E-state index in [2.05, 4.69) is 13.8 Å². The number of hydrogen-bond donors (Lipinski definition) is 0. The van der Waals surface area contributed by atoms with Gasteiger partial charge in [0.1, 0.15) is 0 Å². The van der Waals surface area contributed by atoms with Gasteiger partial charge in [0.25, 0.3) is 0 Å². The summed E-state index contributed by atoms with van der Waals surface area (Å²) in [6.07, 6.45) is 17.8. The van der Waals surface area contributed by atoms with Crippen LogP contribution in [0.1, 0.15) is 90.9 Å². The van der Waals surface area contributed by atoms with Gasteiger partial charge in [-0.3, -0.25) is 0 Å². The van der Waals surface area contributed by atoms with E-state index in [0.29, 0.717) is 0 Å². The van der Waals surface area contributed by atoms with Crippen molar-refractivity contribution in [3.05, 3.63) is 5.92 Å². The zero-order chi connectivity index (χ0) is 11.6. The Labute approximate surface area is 103 Å². The Bertz CT molecular complexity index is 136. The average Bonchev–Trinajstić information content (AvgIpc) is 2.21. The van der Waals surface area contributed by atoms with E-state index >= 15 is 0 Å². The molecule has 0 aromatic heterocycles. The molecule has 0 atom stereocenters. The van der Waals surface area contributed by atoms with Crippen LogP contribution in [0.2, 0.25) is 0 Å². The summed E-state index contributed by atoms with van der Waals surface area (Å²) in [4.78, 5) is 0. The summed E-state index contributed by atoms with van der Waals surface area (Å²) in [6, 6.07) is 0. The van der Waals surface area contributed by atoms with Gasteiger partial charge in [-0.05, 0) is 0 Å². The molecule has 1 rings (SSSR count). The molecule has 1 aliphatic rings. The van der Waals surface area contributed by atoms with Crippen molar-refractivity contribution < 1.29 is 0 Å². The van der Waals surface area contributed by atoms with Crippen molar-refractivity contribution in [1.29, 1.82) is 0 Å². The highest BCUT2D eigenvalue weighted by atomic mass is 14.2. The second-order valence-electron chi connectivity index (χ2n) is 6.04. The normalized spacial score (nSPS) is 22.7.